The minimum absolute atomic E-state index is 0.0240. The molecule has 1 aliphatic carbocycles. The molecule has 2 fully saturated rings. The smallest absolute Gasteiger partial charge is 0.309 e. The highest BCUT2D eigenvalue weighted by atomic mass is 16.5. The molecule has 2 saturated heterocycles. The summed E-state index contributed by atoms with van der Waals surface area (Å²) in [6, 6.07) is 3.76. The van der Waals surface area contributed by atoms with Gasteiger partial charge in [-0.15, -0.1) is 0 Å². The van der Waals surface area contributed by atoms with Crippen LogP contribution in [0.2, 0.25) is 0 Å². The molecule has 4 rings (SSSR count). The van der Waals surface area contributed by atoms with Crippen LogP contribution in [0.5, 0.6) is 0 Å². The Hall–Kier alpha value is -2.41. The molecule has 0 saturated carbocycles. The number of nitrogens with zero attached hydrogens (tertiary/aromatic N) is 3. The molecule has 0 aromatic carbocycles. The number of morpholine rings is 1. The SMILES string of the molecule is CCOC(=O)[C@@H]1[C@H]2CN(C(=O)c3ccc(N4CCOCC4)nc3)C[C@@H]2C=C[C@@H]1C. The lowest BCUT2D eigenvalue weighted by atomic mass is 9.72. The van der Waals surface area contributed by atoms with E-state index >= 15 is 0 Å². The van der Waals surface area contributed by atoms with Gasteiger partial charge in [-0.1, -0.05) is 19.1 Å². The van der Waals surface area contributed by atoms with Crippen LogP contribution in [0.3, 0.4) is 0 Å². The monoisotopic (exact) mass is 399 g/mol. The van der Waals surface area contributed by atoms with Gasteiger partial charge in [0.15, 0.2) is 0 Å². The maximum Gasteiger partial charge on any atom is 0.309 e. The highest BCUT2D eigenvalue weighted by Crippen LogP contribution is 2.40. The van der Waals surface area contributed by atoms with Crippen molar-refractivity contribution in [1.82, 2.24) is 9.88 Å². The van der Waals surface area contributed by atoms with Gasteiger partial charge in [0, 0.05) is 32.4 Å². The number of ether oxygens (including phenoxy) is 2. The summed E-state index contributed by atoms with van der Waals surface area (Å²) < 4.78 is 10.7. The van der Waals surface area contributed by atoms with Gasteiger partial charge in [0.25, 0.3) is 5.91 Å². The van der Waals surface area contributed by atoms with E-state index in [4.69, 9.17) is 9.47 Å². The Morgan fingerprint density at radius 2 is 2.00 bits per heavy atom. The average Bonchev–Trinajstić information content (AvgIpc) is 3.18. The fraction of sp³-hybridized carbons (Fsp3) is 0.591. The van der Waals surface area contributed by atoms with Gasteiger partial charge in [-0.25, -0.2) is 4.98 Å². The van der Waals surface area contributed by atoms with Crippen molar-refractivity contribution in [3.05, 3.63) is 36.0 Å². The summed E-state index contributed by atoms with van der Waals surface area (Å²) in [7, 11) is 0. The average molecular weight is 399 g/mol. The second-order valence-electron chi connectivity index (χ2n) is 8.06. The quantitative estimate of drug-likeness (QED) is 0.570. The fourth-order valence-electron chi connectivity index (χ4n) is 4.73. The number of likely N-dealkylation sites (tertiary alicyclic amines) is 1. The van der Waals surface area contributed by atoms with E-state index in [9.17, 15) is 9.59 Å². The van der Waals surface area contributed by atoms with Crippen LogP contribution in [0, 0.1) is 23.7 Å². The highest BCUT2D eigenvalue weighted by molar-refractivity contribution is 5.94. The molecule has 7 nitrogen and oxygen atoms in total. The van der Waals surface area contributed by atoms with Gasteiger partial charge in [0.05, 0.1) is 31.3 Å². The first kappa shape index (κ1) is 19.9. The lowest BCUT2D eigenvalue weighted by Crippen LogP contribution is -2.37. The van der Waals surface area contributed by atoms with Crippen LogP contribution >= 0.6 is 0 Å². The van der Waals surface area contributed by atoms with E-state index in [1.54, 1.807) is 6.20 Å². The van der Waals surface area contributed by atoms with Crippen molar-refractivity contribution in [3.8, 4) is 0 Å². The molecule has 4 atom stereocenters. The molecule has 1 amide bonds. The molecule has 1 aromatic heterocycles. The van der Waals surface area contributed by atoms with E-state index in [-0.39, 0.29) is 35.5 Å². The van der Waals surface area contributed by atoms with Gasteiger partial charge in [-0.05, 0) is 36.8 Å². The van der Waals surface area contributed by atoms with Crippen molar-refractivity contribution in [2.45, 2.75) is 13.8 Å². The van der Waals surface area contributed by atoms with Gasteiger partial charge in [0.1, 0.15) is 5.82 Å². The van der Waals surface area contributed by atoms with E-state index in [0.717, 1.165) is 18.9 Å². The largest absolute Gasteiger partial charge is 0.466 e. The van der Waals surface area contributed by atoms with E-state index in [1.807, 2.05) is 30.9 Å². The van der Waals surface area contributed by atoms with Gasteiger partial charge in [0.2, 0.25) is 0 Å². The lowest BCUT2D eigenvalue weighted by molar-refractivity contribution is -0.152. The summed E-state index contributed by atoms with van der Waals surface area (Å²) in [6.07, 6.45) is 5.92. The number of carbonyl (C=O) groups is 2. The lowest BCUT2D eigenvalue weighted by Gasteiger charge is -2.31. The molecule has 0 unspecified atom stereocenters. The Bertz CT molecular complexity index is 773. The zero-order valence-corrected chi connectivity index (χ0v) is 17.1. The summed E-state index contributed by atoms with van der Waals surface area (Å²) >= 11 is 0. The van der Waals surface area contributed by atoms with Crippen molar-refractivity contribution in [2.75, 3.05) is 50.9 Å². The number of anilines is 1. The molecule has 0 spiro atoms. The summed E-state index contributed by atoms with van der Waals surface area (Å²) in [5, 5.41) is 0. The standard InChI is InChI=1S/C22H29N3O4/c1-3-29-22(27)20-15(2)4-5-17-13-25(14-18(17)20)21(26)16-6-7-19(23-12-16)24-8-10-28-11-9-24/h4-7,12,15,17-18,20H,3,8-11,13-14H2,1-2H3/t15-,17-,18-,20-/m0/s1. The second kappa shape index (κ2) is 8.53. The van der Waals surface area contributed by atoms with Crippen LogP contribution in [-0.2, 0) is 14.3 Å². The summed E-state index contributed by atoms with van der Waals surface area (Å²) in [5.41, 5.74) is 0.588. The molecule has 2 aliphatic heterocycles. The van der Waals surface area contributed by atoms with Crippen LogP contribution in [0.1, 0.15) is 24.2 Å². The van der Waals surface area contributed by atoms with E-state index in [0.29, 0.717) is 38.5 Å². The third-order valence-electron chi connectivity index (χ3n) is 6.28. The number of pyridine rings is 1. The van der Waals surface area contributed by atoms with Crippen molar-refractivity contribution in [3.63, 3.8) is 0 Å². The molecule has 0 radical (unpaired) electrons. The molecular formula is C22H29N3O4. The third kappa shape index (κ3) is 4.01. The van der Waals surface area contributed by atoms with Crippen LogP contribution in [0.4, 0.5) is 5.82 Å². The minimum atomic E-state index is -0.190. The van der Waals surface area contributed by atoms with Crippen LogP contribution in [0.25, 0.3) is 0 Å². The first-order valence-electron chi connectivity index (χ1n) is 10.5. The number of hydrogen-bond donors (Lipinski definition) is 0. The topological polar surface area (TPSA) is 72.0 Å². The Morgan fingerprint density at radius 1 is 1.21 bits per heavy atom. The van der Waals surface area contributed by atoms with E-state index in [1.165, 1.54) is 0 Å². The van der Waals surface area contributed by atoms with E-state index in [2.05, 4.69) is 22.0 Å². The van der Waals surface area contributed by atoms with Crippen LogP contribution in [-0.4, -0.2) is 67.8 Å². The molecule has 156 valence electrons. The predicted molar refractivity (Wildman–Crippen MR) is 109 cm³/mol. The number of carbonyl (C=O) groups excluding carboxylic acids is 2. The number of esters is 1. The zero-order chi connectivity index (χ0) is 20.4. The first-order chi connectivity index (χ1) is 14.1. The Kier molecular flexibility index (Phi) is 5.85. The minimum Gasteiger partial charge on any atom is -0.466 e. The number of rotatable bonds is 4. The molecule has 7 heteroatoms. The summed E-state index contributed by atoms with van der Waals surface area (Å²) in [4.78, 5) is 34.1. The number of hydrogen-bond acceptors (Lipinski definition) is 6. The van der Waals surface area contributed by atoms with Gasteiger partial charge < -0.3 is 19.3 Å². The number of fused-ring (bicyclic) bond motifs is 1. The Morgan fingerprint density at radius 3 is 2.69 bits per heavy atom. The van der Waals surface area contributed by atoms with Crippen molar-refractivity contribution in [2.24, 2.45) is 23.7 Å². The molecule has 29 heavy (non-hydrogen) atoms. The van der Waals surface area contributed by atoms with Crippen LogP contribution < -0.4 is 4.90 Å². The number of amides is 1. The van der Waals surface area contributed by atoms with Crippen LogP contribution in [0.15, 0.2) is 30.5 Å². The normalized spacial score (nSPS) is 28.9. The van der Waals surface area contributed by atoms with Gasteiger partial charge >= 0.3 is 5.97 Å². The molecule has 3 aliphatic rings. The summed E-state index contributed by atoms with van der Waals surface area (Å²) in [5.74, 6) is 0.946. The van der Waals surface area contributed by atoms with Gasteiger partial charge in [-0.3, -0.25) is 9.59 Å². The van der Waals surface area contributed by atoms with Crippen molar-refractivity contribution < 1.29 is 19.1 Å². The molecule has 1 aromatic rings. The zero-order valence-electron chi connectivity index (χ0n) is 17.1. The summed E-state index contributed by atoms with van der Waals surface area (Å²) in [6.45, 7) is 8.50. The predicted octanol–water partition coefficient (Wildman–Crippen LogP) is 1.99. The Labute approximate surface area is 171 Å². The first-order valence-corrected chi connectivity index (χ1v) is 10.5. The molecule has 0 N–H and O–H groups in total. The molecule has 3 heterocycles. The fourth-order valence-corrected chi connectivity index (χ4v) is 4.73. The number of aromatic nitrogens is 1. The van der Waals surface area contributed by atoms with Gasteiger partial charge in [-0.2, -0.15) is 0 Å². The van der Waals surface area contributed by atoms with Crippen molar-refractivity contribution in [1.29, 1.82) is 0 Å². The maximum absolute atomic E-state index is 13.1. The molecule has 0 bridgehead atoms. The number of allylic oxidation sites excluding steroid dienone is 1. The Balaban J connectivity index is 1.45. The molecular weight excluding hydrogens is 370 g/mol. The third-order valence-corrected chi connectivity index (χ3v) is 6.28. The van der Waals surface area contributed by atoms with E-state index < -0.39 is 0 Å². The second-order valence-corrected chi connectivity index (χ2v) is 8.06. The van der Waals surface area contributed by atoms with Crippen molar-refractivity contribution >= 4 is 17.7 Å². The highest BCUT2D eigenvalue weighted by Gasteiger charge is 2.46. The maximum atomic E-state index is 13.1.